The van der Waals surface area contributed by atoms with Crippen LogP contribution >= 0.6 is 27.5 Å². The summed E-state index contributed by atoms with van der Waals surface area (Å²) in [4.78, 5) is 4.47. The minimum absolute atomic E-state index is 0.768. The van der Waals surface area contributed by atoms with Gasteiger partial charge in [0.15, 0.2) is 0 Å². The number of benzene rings is 1. The Hall–Kier alpha value is -1.06. The van der Waals surface area contributed by atoms with Gasteiger partial charge in [0.1, 0.15) is 0 Å². The predicted octanol–water partition coefficient (Wildman–Crippen LogP) is 5.32. The lowest BCUT2D eigenvalue weighted by Gasteiger charge is -2.09. The lowest BCUT2D eigenvalue weighted by Crippen LogP contribution is -2.01. The number of fused-ring (bicyclic) bond motifs is 3. The first-order valence-corrected chi connectivity index (χ1v) is 8.05. The van der Waals surface area contributed by atoms with Crippen molar-refractivity contribution in [3.05, 3.63) is 39.6 Å². The van der Waals surface area contributed by atoms with Crippen LogP contribution in [0.3, 0.4) is 0 Å². The number of hydrogen-bond acceptors (Lipinski definition) is 1. The van der Waals surface area contributed by atoms with Crippen molar-refractivity contribution in [3.63, 3.8) is 0 Å². The SMILES string of the molecule is Cc1nccc2c3cc(Cl)cc(Br)c3n(CC3CC3)c12. The summed E-state index contributed by atoms with van der Waals surface area (Å²) in [5, 5.41) is 3.23. The molecule has 1 aliphatic rings. The number of hydrogen-bond donors (Lipinski definition) is 0. The van der Waals surface area contributed by atoms with Crippen LogP contribution in [0.15, 0.2) is 28.9 Å². The second-order valence-electron chi connectivity index (χ2n) is 5.63. The number of rotatable bonds is 2. The van der Waals surface area contributed by atoms with Gasteiger partial charge in [0.05, 0.1) is 16.7 Å². The highest BCUT2D eigenvalue weighted by Gasteiger charge is 2.25. The van der Waals surface area contributed by atoms with Crippen molar-refractivity contribution >= 4 is 49.3 Å². The number of nitrogens with zero attached hydrogens (tertiary/aromatic N) is 2. The van der Waals surface area contributed by atoms with E-state index in [9.17, 15) is 0 Å². The Morgan fingerprint density at radius 2 is 2.10 bits per heavy atom. The van der Waals surface area contributed by atoms with Crippen LogP contribution in [0.2, 0.25) is 5.02 Å². The van der Waals surface area contributed by atoms with Crippen molar-refractivity contribution in [3.8, 4) is 0 Å². The zero-order chi connectivity index (χ0) is 13.9. The van der Waals surface area contributed by atoms with E-state index in [1.807, 2.05) is 12.3 Å². The Bertz CT molecular complexity index is 833. The molecule has 4 heteroatoms. The minimum atomic E-state index is 0.768. The lowest BCUT2D eigenvalue weighted by molar-refractivity contribution is 0.661. The molecule has 1 aliphatic carbocycles. The monoisotopic (exact) mass is 348 g/mol. The fourth-order valence-electron chi connectivity index (χ4n) is 3.02. The molecular weight excluding hydrogens is 336 g/mol. The third-order valence-electron chi connectivity index (χ3n) is 4.10. The highest BCUT2D eigenvalue weighted by Crippen LogP contribution is 2.40. The summed E-state index contributed by atoms with van der Waals surface area (Å²) < 4.78 is 3.49. The van der Waals surface area contributed by atoms with Gasteiger partial charge in [0.2, 0.25) is 0 Å². The molecule has 0 radical (unpaired) electrons. The zero-order valence-electron chi connectivity index (χ0n) is 11.2. The fourth-order valence-corrected chi connectivity index (χ4v) is 4.04. The summed E-state index contributed by atoms with van der Waals surface area (Å²) in [6, 6.07) is 6.14. The molecule has 0 atom stereocenters. The van der Waals surface area contributed by atoms with Gasteiger partial charge in [-0.1, -0.05) is 11.6 Å². The van der Waals surface area contributed by atoms with Gasteiger partial charge in [-0.25, -0.2) is 0 Å². The van der Waals surface area contributed by atoms with E-state index >= 15 is 0 Å². The van der Waals surface area contributed by atoms with E-state index in [2.05, 4.69) is 44.5 Å². The largest absolute Gasteiger partial charge is 0.338 e. The quantitative estimate of drug-likeness (QED) is 0.612. The number of aromatic nitrogens is 2. The highest BCUT2D eigenvalue weighted by molar-refractivity contribution is 9.10. The molecule has 0 spiro atoms. The van der Waals surface area contributed by atoms with Crippen molar-refractivity contribution in [1.29, 1.82) is 0 Å². The maximum atomic E-state index is 6.24. The van der Waals surface area contributed by atoms with E-state index in [0.717, 1.165) is 27.7 Å². The van der Waals surface area contributed by atoms with Gasteiger partial charge in [-0.15, -0.1) is 0 Å². The Balaban J connectivity index is 2.18. The highest BCUT2D eigenvalue weighted by atomic mass is 79.9. The third-order valence-corrected chi connectivity index (χ3v) is 4.93. The molecule has 0 unspecified atom stereocenters. The molecule has 2 nitrogen and oxygen atoms in total. The van der Waals surface area contributed by atoms with E-state index in [4.69, 9.17) is 11.6 Å². The molecule has 0 N–H and O–H groups in total. The number of pyridine rings is 1. The van der Waals surface area contributed by atoms with Crippen LogP contribution in [0.4, 0.5) is 0 Å². The minimum Gasteiger partial charge on any atom is -0.338 e. The van der Waals surface area contributed by atoms with E-state index in [1.165, 1.54) is 34.6 Å². The van der Waals surface area contributed by atoms with Gasteiger partial charge in [0, 0.05) is 33.0 Å². The molecule has 1 saturated carbocycles. The van der Waals surface area contributed by atoms with E-state index < -0.39 is 0 Å². The molecule has 1 fully saturated rings. The molecule has 2 heterocycles. The van der Waals surface area contributed by atoms with Crippen LogP contribution in [0.1, 0.15) is 18.5 Å². The van der Waals surface area contributed by atoms with Gasteiger partial charge in [-0.3, -0.25) is 4.98 Å². The van der Waals surface area contributed by atoms with Crippen molar-refractivity contribution in [2.24, 2.45) is 5.92 Å². The first kappa shape index (κ1) is 12.7. The van der Waals surface area contributed by atoms with Crippen molar-refractivity contribution < 1.29 is 0 Å². The number of aryl methyl sites for hydroxylation is 1. The van der Waals surface area contributed by atoms with E-state index in [-0.39, 0.29) is 0 Å². The van der Waals surface area contributed by atoms with Gasteiger partial charge in [0.25, 0.3) is 0 Å². The van der Waals surface area contributed by atoms with Crippen LogP contribution in [0, 0.1) is 12.8 Å². The molecular formula is C16H14BrClN2. The topological polar surface area (TPSA) is 17.8 Å². The summed E-state index contributed by atoms with van der Waals surface area (Å²) >= 11 is 9.92. The molecule has 4 rings (SSSR count). The van der Waals surface area contributed by atoms with Crippen LogP contribution < -0.4 is 0 Å². The second-order valence-corrected chi connectivity index (χ2v) is 6.92. The Morgan fingerprint density at radius 3 is 2.85 bits per heavy atom. The van der Waals surface area contributed by atoms with Crippen molar-refractivity contribution in [2.75, 3.05) is 0 Å². The smallest absolute Gasteiger partial charge is 0.0707 e. The molecule has 0 saturated heterocycles. The first-order chi connectivity index (χ1) is 9.65. The zero-order valence-corrected chi connectivity index (χ0v) is 13.5. The van der Waals surface area contributed by atoms with Crippen LogP contribution in [0.5, 0.6) is 0 Å². The van der Waals surface area contributed by atoms with E-state index in [0.29, 0.717) is 0 Å². The molecule has 2 aromatic heterocycles. The Morgan fingerprint density at radius 1 is 1.30 bits per heavy atom. The maximum Gasteiger partial charge on any atom is 0.0707 e. The average Bonchev–Trinajstić information content (AvgIpc) is 3.14. The molecule has 0 aliphatic heterocycles. The first-order valence-electron chi connectivity index (χ1n) is 6.87. The van der Waals surface area contributed by atoms with E-state index in [1.54, 1.807) is 0 Å². The summed E-state index contributed by atoms with van der Waals surface area (Å²) in [6.07, 6.45) is 4.56. The third kappa shape index (κ3) is 1.87. The van der Waals surface area contributed by atoms with Crippen LogP contribution in [-0.4, -0.2) is 9.55 Å². The Kier molecular flexibility index (Phi) is 2.83. The molecule has 102 valence electrons. The van der Waals surface area contributed by atoms with Crippen LogP contribution in [-0.2, 0) is 6.54 Å². The van der Waals surface area contributed by atoms with Crippen molar-refractivity contribution in [2.45, 2.75) is 26.3 Å². The normalized spacial score (nSPS) is 15.3. The molecule has 1 aromatic carbocycles. The Labute approximate surface area is 130 Å². The second kappa shape index (κ2) is 4.47. The summed E-state index contributed by atoms with van der Waals surface area (Å²) in [7, 11) is 0. The van der Waals surface area contributed by atoms with Gasteiger partial charge in [-0.05, 0) is 59.8 Å². The summed E-state index contributed by atoms with van der Waals surface area (Å²) in [6.45, 7) is 3.16. The van der Waals surface area contributed by atoms with Gasteiger partial charge >= 0.3 is 0 Å². The average molecular weight is 350 g/mol. The lowest BCUT2D eigenvalue weighted by atomic mass is 10.2. The van der Waals surface area contributed by atoms with Crippen molar-refractivity contribution in [1.82, 2.24) is 9.55 Å². The van der Waals surface area contributed by atoms with Gasteiger partial charge in [-0.2, -0.15) is 0 Å². The van der Waals surface area contributed by atoms with Crippen LogP contribution in [0.25, 0.3) is 21.8 Å². The summed E-state index contributed by atoms with van der Waals surface area (Å²) in [5.41, 5.74) is 3.58. The summed E-state index contributed by atoms with van der Waals surface area (Å²) in [5.74, 6) is 0.816. The molecule has 0 bridgehead atoms. The molecule has 3 aromatic rings. The fraction of sp³-hybridized carbons (Fsp3) is 0.312. The standard InChI is InChI=1S/C16H14BrClN2/c1-9-15-12(4-5-19-9)13-6-11(18)7-14(17)16(13)20(15)8-10-2-3-10/h4-7,10H,2-3,8H2,1H3. The molecule has 20 heavy (non-hydrogen) atoms. The maximum absolute atomic E-state index is 6.24. The van der Waals surface area contributed by atoms with Gasteiger partial charge < -0.3 is 4.57 Å². The predicted molar refractivity (Wildman–Crippen MR) is 87.4 cm³/mol. The molecule has 0 amide bonds. The number of halogens is 2.